The lowest BCUT2D eigenvalue weighted by Gasteiger charge is -2.14. The first-order chi connectivity index (χ1) is 15.0. The molecule has 0 spiro atoms. The van der Waals surface area contributed by atoms with Gasteiger partial charge in [-0.1, -0.05) is 41.4 Å². The van der Waals surface area contributed by atoms with Crippen LogP contribution in [0.25, 0.3) is 16.9 Å². The van der Waals surface area contributed by atoms with E-state index in [9.17, 15) is 9.18 Å². The number of anilines is 1. The molecule has 0 aliphatic rings. The number of carbonyl (C=O) groups excluding carboxylic acids is 1. The number of nitrogens with zero attached hydrogens (tertiary/aromatic N) is 4. The smallest absolute Gasteiger partial charge is 0.257 e. The molecule has 0 saturated carbocycles. The number of rotatable bonds is 5. The molecular weight excluding hydrogens is 460 g/mol. The number of nitrogens with one attached hydrogen (secondary N) is 1. The van der Waals surface area contributed by atoms with Gasteiger partial charge in [-0.05, 0) is 41.6 Å². The highest BCUT2D eigenvalue weighted by Crippen LogP contribution is 2.38. The number of pyridine rings is 1. The van der Waals surface area contributed by atoms with Crippen LogP contribution in [0, 0.1) is 5.82 Å². The third-order valence-corrected chi connectivity index (χ3v) is 6.00. The van der Waals surface area contributed by atoms with Gasteiger partial charge in [-0.25, -0.2) is 9.37 Å². The largest absolute Gasteiger partial charge is 0.320 e. The van der Waals surface area contributed by atoms with Gasteiger partial charge < -0.3 is 5.32 Å². The van der Waals surface area contributed by atoms with Crippen LogP contribution in [-0.2, 0) is 0 Å². The van der Waals surface area contributed by atoms with Gasteiger partial charge in [-0.3, -0.25) is 4.79 Å². The molecule has 10 heteroatoms. The first-order valence-corrected chi connectivity index (χ1v) is 10.9. The Balaban J connectivity index is 1.61. The van der Waals surface area contributed by atoms with Crippen molar-refractivity contribution in [3.63, 3.8) is 0 Å². The summed E-state index contributed by atoms with van der Waals surface area (Å²) in [5.74, 6) is -0.386. The van der Waals surface area contributed by atoms with Gasteiger partial charge in [0.15, 0.2) is 5.82 Å². The second kappa shape index (κ2) is 9.05. The topological polar surface area (TPSA) is 72.7 Å². The zero-order chi connectivity index (χ0) is 22.0. The lowest BCUT2D eigenvalue weighted by atomic mass is 10.0. The van der Waals surface area contributed by atoms with Crippen molar-refractivity contribution in [3.8, 4) is 16.9 Å². The van der Waals surface area contributed by atoms with Crippen LogP contribution < -0.4 is 5.32 Å². The second-order valence-corrected chi connectivity index (χ2v) is 7.92. The standard InChI is InChI=1S/C21H14Cl2FN5OS/c1-31-19-15(12-2-4-13(24)5-3-12)6-7-16(18(19)23)21(30)28-14-10-17(22)20(25-11-14)29-26-8-9-27-29/h2-11H,1H3,(H,28,30). The molecule has 0 unspecified atom stereocenters. The molecule has 4 aromatic rings. The van der Waals surface area contributed by atoms with Crippen molar-refractivity contribution in [3.05, 3.63) is 82.5 Å². The highest BCUT2D eigenvalue weighted by atomic mass is 35.5. The van der Waals surface area contributed by atoms with Gasteiger partial charge in [-0.15, -0.1) is 16.6 Å². The number of benzene rings is 2. The van der Waals surface area contributed by atoms with Gasteiger partial charge in [0.2, 0.25) is 0 Å². The van der Waals surface area contributed by atoms with Crippen LogP contribution in [0.1, 0.15) is 10.4 Å². The molecule has 0 aliphatic carbocycles. The number of aromatic nitrogens is 4. The van der Waals surface area contributed by atoms with Gasteiger partial charge in [0.1, 0.15) is 5.82 Å². The molecule has 31 heavy (non-hydrogen) atoms. The molecule has 0 aliphatic heterocycles. The number of halogens is 3. The molecule has 0 bridgehead atoms. The maximum absolute atomic E-state index is 13.3. The first kappa shape index (κ1) is 21.3. The Hall–Kier alpha value is -2.94. The Bertz CT molecular complexity index is 1250. The van der Waals surface area contributed by atoms with Gasteiger partial charge in [0.25, 0.3) is 5.91 Å². The normalized spacial score (nSPS) is 10.8. The number of hydrogen-bond acceptors (Lipinski definition) is 5. The van der Waals surface area contributed by atoms with Crippen LogP contribution in [-0.4, -0.2) is 32.1 Å². The average molecular weight is 474 g/mol. The van der Waals surface area contributed by atoms with E-state index in [0.29, 0.717) is 22.1 Å². The Labute approximate surface area is 191 Å². The van der Waals surface area contributed by atoms with Crippen molar-refractivity contribution >= 4 is 46.6 Å². The monoisotopic (exact) mass is 473 g/mol. The zero-order valence-corrected chi connectivity index (χ0v) is 18.3. The maximum atomic E-state index is 13.3. The van der Waals surface area contributed by atoms with E-state index < -0.39 is 5.91 Å². The Morgan fingerprint density at radius 3 is 2.45 bits per heavy atom. The van der Waals surface area contributed by atoms with Gasteiger partial charge in [-0.2, -0.15) is 10.2 Å². The Morgan fingerprint density at radius 2 is 1.81 bits per heavy atom. The van der Waals surface area contributed by atoms with Gasteiger partial charge in [0.05, 0.1) is 39.9 Å². The SMILES string of the molecule is CSc1c(-c2ccc(F)cc2)ccc(C(=O)Nc2cnc(-n3nccn3)c(Cl)c2)c1Cl. The van der Waals surface area contributed by atoms with Gasteiger partial charge in [0, 0.05) is 4.90 Å². The predicted molar refractivity (Wildman–Crippen MR) is 121 cm³/mol. The van der Waals surface area contributed by atoms with E-state index in [2.05, 4.69) is 20.5 Å². The van der Waals surface area contributed by atoms with Crippen molar-refractivity contribution in [1.82, 2.24) is 20.0 Å². The van der Waals surface area contributed by atoms with Crippen LogP contribution in [0.4, 0.5) is 10.1 Å². The lowest BCUT2D eigenvalue weighted by molar-refractivity contribution is 0.102. The van der Waals surface area contributed by atoms with Crippen LogP contribution in [0.15, 0.2) is 66.0 Å². The molecule has 6 nitrogen and oxygen atoms in total. The van der Waals surface area contributed by atoms with Crippen molar-refractivity contribution in [1.29, 1.82) is 0 Å². The molecule has 2 aromatic heterocycles. The van der Waals surface area contributed by atoms with Crippen molar-refractivity contribution in [2.45, 2.75) is 4.90 Å². The molecule has 156 valence electrons. The lowest BCUT2D eigenvalue weighted by Crippen LogP contribution is -2.14. The molecule has 2 aromatic carbocycles. The van der Waals surface area contributed by atoms with Crippen LogP contribution in [0.5, 0.6) is 0 Å². The summed E-state index contributed by atoms with van der Waals surface area (Å²) < 4.78 is 13.3. The third kappa shape index (κ3) is 4.41. The van der Waals surface area contributed by atoms with E-state index in [4.69, 9.17) is 23.2 Å². The van der Waals surface area contributed by atoms with E-state index in [0.717, 1.165) is 16.0 Å². The second-order valence-electron chi connectivity index (χ2n) is 6.32. The summed E-state index contributed by atoms with van der Waals surface area (Å²) in [6.45, 7) is 0. The molecule has 0 fully saturated rings. The minimum absolute atomic E-state index is 0.275. The maximum Gasteiger partial charge on any atom is 0.257 e. The van der Waals surface area contributed by atoms with Crippen molar-refractivity contribution in [2.75, 3.05) is 11.6 Å². The van der Waals surface area contributed by atoms with Gasteiger partial charge >= 0.3 is 0 Å². The highest BCUT2D eigenvalue weighted by molar-refractivity contribution is 7.98. The molecule has 2 heterocycles. The van der Waals surface area contributed by atoms with Crippen molar-refractivity contribution in [2.24, 2.45) is 0 Å². The predicted octanol–water partition coefficient (Wildman–Crippen LogP) is 5.75. The third-order valence-electron chi connectivity index (χ3n) is 4.39. The summed E-state index contributed by atoms with van der Waals surface area (Å²) in [5, 5.41) is 11.3. The Morgan fingerprint density at radius 1 is 1.10 bits per heavy atom. The van der Waals surface area contributed by atoms with Crippen LogP contribution >= 0.6 is 35.0 Å². The van der Waals surface area contributed by atoms with E-state index in [-0.39, 0.29) is 10.8 Å². The quantitative estimate of drug-likeness (QED) is 0.373. The molecule has 0 radical (unpaired) electrons. The summed E-state index contributed by atoms with van der Waals surface area (Å²) in [4.78, 5) is 19.1. The first-order valence-electron chi connectivity index (χ1n) is 8.94. The molecule has 0 saturated heterocycles. The Kier molecular flexibility index (Phi) is 6.22. The van der Waals surface area contributed by atoms with E-state index in [1.54, 1.807) is 30.3 Å². The fraction of sp³-hybridized carbons (Fsp3) is 0.0476. The summed E-state index contributed by atoms with van der Waals surface area (Å²) in [6, 6.07) is 11.1. The van der Waals surface area contributed by atoms with E-state index >= 15 is 0 Å². The van der Waals surface area contributed by atoms with E-state index in [1.165, 1.54) is 47.3 Å². The fourth-order valence-electron chi connectivity index (χ4n) is 2.96. The fourth-order valence-corrected chi connectivity index (χ4v) is 4.38. The summed E-state index contributed by atoms with van der Waals surface area (Å²) in [7, 11) is 0. The molecule has 1 amide bonds. The van der Waals surface area contributed by atoms with Crippen LogP contribution in [0.2, 0.25) is 10.0 Å². The van der Waals surface area contributed by atoms with Crippen LogP contribution in [0.3, 0.4) is 0 Å². The molecule has 1 N–H and O–H groups in total. The number of amides is 1. The molecule has 4 rings (SSSR count). The minimum Gasteiger partial charge on any atom is -0.320 e. The highest BCUT2D eigenvalue weighted by Gasteiger charge is 2.18. The minimum atomic E-state index is -0.409. The summed E-state index contributed by atoms with van der Waals surface area (Å²) in [6.07, 6.45) is 6.34. The summed E-state index contributed by atoms with van der Waals surface area (Å²) >= 11 is 14.2. The average Bonchev–Trinajstić information content (AvgIpc) is 3.28. The number of carbonyl (C=O) groups is 1. The molecule has 0 atom stereocenters. The molecular formula is C21H14Cl2FN5OS. The number of hydrogen-bond donors (Lipinski definition) is 1. The summed E-state index contributed by atoms with van der Waals surface area (Å²) in [5.41, 5.74) is 2.31. The number of thioether (sulfide) groups is 1. The van der Waals surface area contributed by atoms with Crippen molar-refractivity contribution < 1.29 is 9.18 Å². The van der Waals surface area contributed by atoms with E-state index in [1.807, 2.05) is 6.26 Å². The zero-order valence-electron chi connectivity index (χ0n) is 16.0.